The minimum atomic E-state index is -3.61. The van der Waals surface area contributed by atoms with Crippen LogP contribution in [0.2, 0.25) is 0 Å². The molecule has 0 radical (unpaired) electrons. The topological polar surface area (TPSA) is 60.8 Å². The van der Waals surface area contributed by atoms with Gasteiger partial charge in [0.15, 0.2) is 0 Å². The summed E-state index contributed by atoms with van der Waals surface area (Å²) in [7, 11) is -3.61. The van der Waals surface area contributed by atoms with Crippen LogP contribution in [-0.4, -0.2) is 50.2 Å². The molecule has 3 aliphatic rings. The highest BCUT2D eigenvalue weighted by atomic mass is 32.2. The van der Waals surface area contributed by atoms with E-state index in [9.17, 15) is 8.42 Å². The fraction of sp³-hybridized carbons (Fsp3) is 0.677. The van der Waals surface area contributed by atoms with E-state index in [0.29, 0.717) is 37.1 Å². The number of morpholine rings is 1. The number of benzene rings is 1. The zero-order valence-corrected chi connectivity index (χ0v) is 25.0. The fourth-order valence-corrected chi connectivity index (χ4v) is 8.10. The van der Waals surface area contributed by atoms with E-state index < -0.39 is 10.0 Å². The van der Waals surface area contributed by atoms with E-state index in [-0.39, 0.29) is 10.8 Å². The highest BCUT2D eigenvalue weighted by molar-refractivity contribution is 7.89. The molecule has 2 fully saturated rings. The molecule has 0 spiro atoms. The molecule has 6 nitrogen and oxygen atoms in total. The molecule has 210 valence electrons. The van der Waals surface area contributed by atoms with Gasteiger partial charge in [0, 0.05) is 42.1 Å². The van der Waals surface area contributed by atoms with Gasteiger partial charge < -0.3 is 14.0 Å². The van der Waals surface area contributed by atoms with Crippen molar-refractivity contribution in [2.24, 2.45) is 5.92 Å². The Balaban J connectivity index is 1.69. The highest BCUT2D eigenvalue weighted by Gasteiger charge is 2.36. The van der Waals surface area contributed by atoms with Crippen LogP contribution in [0.1, 0.15) is 90.0 Å². The van der Waals surface area contributed by atoms with E-state index in [2.05, 4.69) is 51.3 Å². The van der Waals surface area contributed by atoms with Gasteiger partial charge in [-0.1, -0.05) is 53.9 Å². The summed E-state index contributed by atoms with van der Waals surface area (Å²) >= 11 is 0. The molecule has 1 aliphatic carbocycles. The number of hydrogen-bond acceptors (Lipinski definition) is 4. The van der Waals surface area contributed by atoms with Gasteiger partial charge >= 0.3 is 0 Å². The van der Waals surface area contributed by atoms with Crippen molar-refractivity contribution < 1.29 is 17.9 Å². The van der Waals surface area contributed by atoms with Gasteiger partial charge in [-0.05, 0) is 66.7 Å². The number of ether oxygens (including phenoxy) is 2. The predicted molar refractivity (Wildman–Crippen MR) is 153 cm³/mol. The Morgan fingerprint density at radius 2 is 1.68 bits per heavy atom. The van der Waals surface area contributed by atoms with Crippen molar-refractivity contribution in [3.63, 3.8) is 0 Å². The van der Waals surface area contributed by atoms with Crippen LogP contribution in [0.4, 0.5) is 0 Å². The van der Waals surface area contributed by atoms with Crippen LogP contribution in [0.5, 0.6) is 5.75 Å². The molecule has 0 amide bonds. The average Bonchev–Trinajstić information content (AvgIpc) is 3.20. The molecule has 0 bridgehead atoms. The molecule has 1 saturated carbocycles. The maximum absolute atomic E-state index is 13.9. The van der Waals surface area contributed by atoms with E-state index in [1.807, 2.05) is 13.0 Å². The first-order valence-electron chi connectivity index (χ1n) is 14.5. The van der Waals surface area contributed by atoms with Crippen LogP contribution < -0.4 is 4.74 Å². The lowest BCUT2D eigenvalue weighted by atomic mass is 9.74. The van der Waals surface area contributed by atoms with E-state index >= 15 is 0 Å². The maximum atomic E-state index is 13.9. The Labute approximate surface area is 229 Å². The number of sulfonamides is 1. The molecule has 5 rings (SSSR count). The van der Waals surface area contributed by atoms with Crippen molar-refractivity contribution in [1.29, 1.82) is 0 Å². The second-order valence-corrected chi connectivity index (χ2v) is 15.1. The maximum Gasteiger partial charge on any atom is 0.245 e. The van der Waals surface area contributed by atoms with Crippen molar-refractivity contribution in [2.45, 2.75) is 102 Å². The van der Waals surface area contributed by atoms with Gasteiger partial charge in [0.2, 0.25) is 10.0 Å². The molecule has 3 heterocycles. The molecule has 38 heavy (non-hydrogen) atoms. The number of fused-ring (bicyclic) bond motifs is 1. The molecule has 0 unspecified atom stereocenters. The Morgan fingerprint density at radius 1 is 1.00 bits per heavy atom. The first-order chi connectivity index (χ1) is 17.9. The standard InChI is InChI=1S/C31H46N2O4S/c1-22-28(38(34,35)32-13-16-36-17-14-32)20-27(33(22)21-23-10-8-7-9-11-23)24-18-25(30(2,3)4)29-26(19-24)31(5,6)12-15-37-29/h18-20,23H,7-17,21H2,1-6H3. The van der Waals surface area contributed by atoms with Crippen LogP contribution in [0.3, 0.4) is 0 Å². The highest BCUT2D eigenvalue weighted by Crippen LogP contribution is 2.47. The second-order valence-electron chi connectivity index (χ2n) is 13.2. The van der Waals surface area contributed by atoms with Crippen LogP contribution in [0.15, 0.2) is 23.1 Å². The lowest BCUT2D eigenvalue weighted by Gasteiger charge is -2.37. The summed E-state index contributed by atoms with van der Waals surface area (Å²) in [5.41, 5.74) is 5.26. The molecule has 0 N–H and O–H groups in total. The van der Waals surface area contributed by atoms with Gasteiger partial charge in [0.1, 0.15) is 10.6 Å². The van der Waals surface area contributed by atoms with Crippen LogP contribution in [0.25, 0.3) is 11.3 Å². The Kier molecular flexibility index (Phi) is 7.51. The third kappa shape index (κ3) is 5.18. The summed E-state index contributed by atoms with van der Waals surface area (Å²) in [5.74, 6) is 1.59. The molecule has 2 aliphatic heterocycles. The Hall–Kier alpha value is -1.83. The lowest BCUT2D eigenvalue weighted by molar-refractivity contribution is 0.0730. The molecule has 1 aromatic carbocycles. The summed E-state index contributed by atoms with van der Waals surface area (Å²) in [6.07, 6.45) is 7.21. The van der Waals surface area contributed by atoms with Crippen molar-refractivity contribution >= 4 is 10.0 Å². The summed E-state index contributed by atoms with van der Waals surface area (Å²) < 4.78 is 43.5. The molecular weight excluding hydrogens is 496 g/mol. The number of nitrogens with zero attached hydrogens (tertiary/aromatic N) is 2. The van der Waals surface area contributed by atoms with Gasteiger partial charge in [-0.25, -0.2) is 8.42 Å². The first kappa shape index (κ1) is 27.7. The van der Waals surface area contributed by atoms with Gasteiger partial charge in [0.25, 0.3) is 0 Å². The predicted octanol–water partition coefficient (Wildman–Crippen LogP) is 6.42. The summed E-state index contributed by atoms with van der Waals surface area (Å²) in [4.78, 5) is 0.441. The first-order valence-corrected chi connectivity index (χ1v) is 15.9. The van der Waals surface area contributed by atoms with E-state index in [1.54, 1.807) is 4.31 Å². The Morgan fingerprint density at radius 3 is 2.34 bits per heavy atom. The average molecular weight is 543 g/mol. The lowest BCUT2D eigenvalue weighted by Crippen LogP contribution is -2.40. The quantitative estimate of drug-likeness (QED) is 0.437. The molecule has 1 saturated heterocycles. The van der Waals surface area contributed by atoms with Gasteiger partial charge in [-0.3, -0.25) is 0 Å². The van der Waals surface area contributed by atoms with Crippen molar-refractivity contribution in [3.8, 4) is 17.0 Å². The van der Waals surface area contributed by atoms with E-state index in [1.165, 1.54) is 43.2 Å². The molecule has 1 aromatic heterocycles. The number of aromatic nitrogens is 1. The smallest absolute Gasteiger partial charge is 0.245 e. The van der Waals surface area contributed by atoms with Gasteiger partial charge in [-0.15, -0.1) is 0 Å². The van der Waals surface area contributed by atoms with Gasteiger partial charge in [-0.2, -0.15) is 4.31 Å². The fourth-order valence-electron chi connectivity index (χ4n) is 6.44. The molecular formula is C31H46N2O4S. The summed E-state index contributed by atoms with van der Waals surface area (Å²) in [6, 6.07) is 6.49. The van der Waals surface area contributed by atoms with Crippen molar-refractivity contribution in [3.05, 3.63) is 35.0 Å². The summed E-state index contributed by atoms with van der Waals surface area (Å²) in [6.45, 7) is 16.6. The zero-order valence-electron chi connectivity index (χ0n) is 24.2. The third-order valence-electron chi connectivity index (χ3n) is 8.97. The van der Waals surface area contributed by atoms with Crippen LogP contribution >= 0.6 is 0 Å². The summed E-state index contributed by atoms with van der Waals surface area (Å²) in [5, 5.41) is 0. The number of hydrogen-bond donors (Lipinski definition) is 0. The zero-order chi connectivity index (χ0) is 27.3. The van der Waals surface area contributed by atoms with E-state index in [4.69, 9.17) is 9.47 Å². The minimum Gasteiger partial charge on any atom is -0.493 e. The molecule has 0 atom stereocenters. The molecule has 2 aromatic rings. The number of rotatable bonds is 5. The normalized spacial score (nSPS) is 21.2. The van der Waals surface area contributed by atoms with Gasteiger partial charge in [0.05, 0.1) is 19.8 Å². The van der Waals surface area contributed by atoms with Crippen LogP contribution in [0, 0.1) is 12.8 Å². The molecule has 7 heteroatoms. The van der Waals surface area contributed by atoms with Crippen molar-refractivity contribution in [2.75, 3.05) is 32.9 Å². The third-order valence-corrected chi connectivity index (χ3v) is 11.0. The minimum absolute atomic E-state index is 0.0118. The van der Waals surface area contributed by atoms with E-state index in [0.717, 1.165) is 42.3 Å². The second kappa shape index (κ2) is 10.3. The Bertz CT molecular complexity index is 1260. The SMILES string of the molecule is Cc1c(S(=O)(=O)N2CCOCC2)cc(-c2cc(C(C)(C)C)c3c(c2)C(C)(C)CCO3)n1CC1CCCCC1. The van der Waals surface area contributed by atoms with Crippen molar-refractivity contribution in [1.82, 2.24) is 8.87 Å². The monoisotopic (exact) mass is 542 g/mol. The van der Waals surface area contributed by atoms with Crippen LogP contribution in [-0.2, 0) is 32.1 Å². The largest absolute Gasteiger partial charge is 0.493 e.